The highest BCUT2D eigenvalue weighted by Gasteiger charge is 2.23. The number of amides is 1. The first-order chi connectivity index (χ1) is 13.6. The lowest BCUT2D eigenvalue weighted by molar-refractivity contribution is -0.384. The van der Waals surface area contributed by atoms with Crippen LogP contribution in [-0.4, -0.2) is 50.7 Å². The molecule has 0 radical (unpaired) electrons. The Morgan fingerprint density at radius 1 is 1.10 bits per heavy atom. The van der Waals surface area contributed by atoms with Crippen molar-refractivity contribution in [3.05, 3.63) is 58.1 Å². The topological polar surface area (TPSA) is 113 Å². The smallest absolute Gasteiger partial charge is 0.270 e. The van der Waals surface area contributed by atoms with Crippen molar-refractivity contribution in [3.63, 3.8) is 0 Å². The summed E-state index contributed by atoms with van der Waals surface area (Å²) in [5.74, 6) is -0.574. The summed E-state index contributed by atoms with van der Waals surface area (Å²) in [6, 6.07) is 9.94. The Hall–Kier alpha value is -2.98. The van der Waals surface area contributed by atoms with Crippen LogP contribution in [0, 0.1) is 10.1 Å². The number of hydrogen-bond donors (Lipinski definition) is 1. The Kier molecular flexibility index (Phi) is 6.93. The minimum absolute atomic E-state index is 0.0610. The second-order valence-electron chi connectivity index (χ2n) is 6.42. The van der Waals surface area contributed by atoms with Crippen molar-refractivity contribution in [2.24, 2.45) is 0 Å². The van der Waals surface area contributed by atoms with E-state index in [1.165, 1.54) is 40.7 Å². The normalized spacial score (nSPS) is 11.3. The summed E-state index contributed by atoms with van der Waals surface area (Å²) in [4.78, 5) is 25.0. The van der Waals surface area contributed by atoms with Gasteiger partial charge in [0, 0.05) is 50.7 Å². The van der Waals surface area contributed by atoms with Crippen LogP contribution >= 0.6 is 0 Å². The van der Waals surface area contributed by atoms with Crippen LogP contribution in [0.3, 0.4) is 0 Å². The van der Waals surface area contributed by atoms with E-state index in [-0.39, 0.29) is 21.8 Å². The molecule has 0 fully saturated rings. The molecule has 2 aromatic carbocycles. The molecule has 0 saturated carbocycles. The molecule has 0 heterocycles. The maximum atomic E-state index is 12.8. The second-order valence-corrected chi connectivity index (χ2v) is 8.36. The third-order valence-corrected chi connectivity index (χ3v) is 6.40. The van der Waals surface area contributed by atoms with Gasteiger partial charge in [-0.1, -0.05) is 19.9 Å². The number of carbonyl (C=O) groups excluding carboxylic acids is 1. The number of anilines is 2. The van der Waals surface area contributed by atoms with Gasteiger partial charge in [0.1, 0.15) is 0 Å². The molecular formula is C19H24N4O5S. The number of non-ortho nitro benzene ring substituents is 1. The second kappa shape index (κ2) is 9.01. The van der Waals surface area contributed by atoms with Gasteiger partial charge in [-0.2, -0.15) is 4.31 Å². The zero-order valence-electron chi connectivity index (χ0n) is 16.7. The molecule has 2 aromatic rings. The number of nitro benzene ring substituents is 1. The molecular weight excluding hydrogens is 396 g/mol. The number of benzene rings is 2. The lowest BCUT2D eigenvalue weighted by atomic mass is 10.1. The number of hydrogen-bond acceptors (Lipinski definition) is 6. The van der Waals surface area contributed by atoms with Crippen LogP contribution in [0.2, 0.25) is 0 Å². The first kappa shape index (κ1) is 22.3. The first-order valence-electron chi connectivity index (χ1n) is 8.99. The van der Waals surface area contributed by atoms with Gasteiger partial charge < -0.3 is 10.2 Å². The maximum absolute atomic E-state index is 12.8. The van der Waals surface area contributed by atoms with E-state index in [1.54, 1.807) is 38.9 Å². The van der Waals surface area contributed by atoms with Crippen LogP contribution in [-0.2, 0) is 10.0 Å². The first-order valence-corrected chi connectivity index (χ1v) is 10.4. The standard InChI is InChI=1S/C19H24N4O5S/c1-5-22(6-2)29(27,28)16-9-7-8-14(12-16)20-19(24)17-13-15(23(25)26)10-11-18(17)21(3)4/h7-13H,5-6H2,1-4H3,(H,20,24). The summed E-state index contributed by atoms with van der Waals surface area (Å²) in [7, 11) is -0.244. The van der Waals surface area contributed by atoms with Crippen LogP contribution in [0.4, 0.5) is 17.1 Å². The van der Waals surface area contributed by atoms with Gasteiger partial charge in [0.2, 0.25) is 10.0 Å². The van der Waals surface area contributed by atoms with E-state index in [2.05, 4.69) is 5.32 Å². The van der Waals surface area contributed by atoms with Gasteiger partial charge in [0.15, 0.2) is 0 Å². The molecule has 2 rings (SSSR count). The quantitative estimate of drug-likeness (QED) is 0.519. The molecule has 0 unspecified atom stereocenters. The number of carbonyl (C=O) groups is 1. The molecule has 156 valence electrons. The van der Waals surface area contributed by atoms with E-state index in [4.69, 9.17) is 0 Å². The van der Waals surface area contributed by atoms with Gasteiger partial charge in [-0.3, -0.25) is 14.9 Å². The van der Waals surface area contributed by atoms with Gasteiger partial charge in [0.25, 0.3) is 11.6 Å². The third kappa shape index (κ3) is 4.90. The number of rotatable bonds is 8. The van der Waals surface area contributed by atoms with Crippen LogP contribution in [0.1, 0.15) is 24.2 Å². The number of nitro groups is 1. The minimum atomic E-state index is -3.68. The van der Waals surface area contributed by atoms with E-state index in [9.17, 15) is 23.3 Å². The average Bonchev–Trinajstić information content (AvgIpc) is 2.68. The van der Waals surface area contributed by atoms with Gasteiger partial charge in [0.05, 0.1) is 15.4 Å². The fourth-order valence-electron chi connectivity index (χ4n) is 2.85. The predicted octanol–water partition coefficient (Wildman–Crippen LogP) is 2.94. The lowest BCUT2D eigenvalue weighted by Gasteiger charge is -2.19. The Labute approximate surface area is 170 Å². The van der Waals surface area contributed by atoms with Crippen LogP contribution in [0.15, 0.2) is 47.4 Å². The Morgan fingerprint density at radius 3 is 2.31 bits per heavy atom. The molecule has 0 bridgehead atoms. The predicted molar refractivity (Wildman–Crippen MR) is 112 cm³/mol. The molecule has 10 heteroatoms. The van der Waals surface area contributed by atoms with E-state index >= 15 is 0 Å². The number of nitrogens with zero attached hydrogens (tertiary/aromatic N) is 3. The molecule has 1 N–H and O–H groups in total. The van der Waals surface area contributed by atoms with Gasteiger partial charge in [-0.15, -0.1) is 0 Å². The summed E-state index contributed by atoms with van der Waals surface area (Å²) >= 11 is 0. The largest absolute Gasteiger partial charge is 0.377 e. The SMILES string of the molecule is CCN(CC)S(=O)(=O)c1cccc(NC(=O)c2cc([N+](=O)[O-])ccc2N(C)C)c1. The number of nitrogens with one attached hydrogen (secondary N) is 1. The van der Waals surface area contributed by atoms with Crippen molar-refractivity contribution in [1.82, 2.24) is 4.31 Å². The van der Waals surface area contributed by atoms with E-state index in [0.29, 0.717) is 18.8 Å². The third-order valence-electron chi connectivity index (χ3n) is 4.35. The molecule has 0 atom stereocenters. The van der Waals surface area contributed by atoms with Crippen LogP contribution in [0.25, 0.3) is 0 Å². The Bertz CT molecular complexity index is 1020. The molecule has 0 aliphatic carbocycles. The van der Waals surface area contributed by atoms with Crippen molar-refractivity contribution in [2.75, 3.05) is 37.4 Å². The molecule has 0 aliphatic heterocycles. The highest BCUT2D eigenvalue weighted by atomic mass is 32.2. The highest BCUT2D eigenvalue weighted by Crippen LogP contribution is 2.26. The fraction of sp³-hybridized carbons (Fsp3) is 0.316. The molecule has 0 spiro atoms. The van der Waals surface area contributed by atoms with E-state index < -0.39 is 20.9 Å². The summed E-state index contributed by atoms with van der Waals surface area (Å²) < 4.78 is 26.7. The van der Waals surface area contributed by atoms with Gasteiger partial charge >= 0.3 is 0 Å². The molecule has 9 nitrogen and oxygen atoms in total. The summed E-state index contributed by atoms with van der Waals surface area (Å²) in [6.45, 7) is 4.15. The molecule has 29 heavy (non-hydrogen) atoms. The van der Waals surface area contributed by atoms with Crippen molar-refractivity contribution in [3.8, 4) is 0 Å². The molecule has 1 amide bonds. The average molecular weight is 420 g/mol. The van der Waals surface area contributed by atoms with Crippen molar-refractivity contribution >= 4 is 33.0 Å². The Morgan fingerprint density at radius 2 is 1.76 bits per heavy atom. The number of sulfonamides is 1. The molecule has 0 aliphatic rings. The fourth-order valence-corrected chi connectivity index (χ4v) is 4.36. The van der Waals surface area contributed by atoms with Gasteiger partial charge in [-0.05, 0) is 24.3 Å². The summed E-state index contributed by atoms with van der Waals surface area (Å²) in [5, 5.41) is 13.7. The Balaban J connectivity index is 2.40. The molecule has 0 aromatic heterocycles. The minimum Gasteiger partial charge on any atom is -0.377 e. The molecule has 0 saturated heterocycles. The zero-order chi connectivity index (χ0) is 21.8. The lowest BCUT2D eigenvalue weighted by Crippen LogP contribution is -2.30. The monoisotopic (exact) mass is 420 g/mol. The summed E-state index contributed by atoms with van der Waals surface area (Å²) in [6.07, 6.45) is 0. The zero-order valence-corrected chi connectivity index (χ0v) is 17.6. The van der Waals surface area contributed by atoms with E-state index in [1.807, 2.05) is 0 Å². The highest BCUT2D eigenvalue weighted by molar-refractivity contribution is 7.89. The maximum Gasteiger partial charge on any atom is 0.270 e. The van der Waals surface area contributed by atoms with Crippen molar-refractivity contribution < 1.29 is 18.1 Å². The van der Waals surface area contributed by atoms with E-state index in [0.717, 1.165) is 0 Å². The van der Waals surface area contributed by atoms with Crippen LogP contribution in [0.5, 0.6) is 0 Å². The van der Waals surface area contributed by atoms with Gasteiger partial charge in [-0.25, -0.2) is 8.42 Å². The van der Waals surface area contributed by atoms with Crippen LogP contribution < -0.4 is 10.2 Å². The summed E-state index contributed by atoms with van der Waals surface area (Å²) in [5.41, 5.74) is 0.680. The van der Waals surface area contributed by atoms with Crippen molar-refractivity contribution in [1.29, 1.82) is 0 Å². The van der Waals surface area contributed by atoms with Crippen molar-refractivity contribution in [2.45, 2.75) is 18.7 Å².